The Bertz CT molecular complexity index is 807. The van der Waals surface area contributed by atoms with Gasteiger partial charge in [0.25, 0.3) is 0 Å². The maximum atomic E-state index is 12.6. The molecule has 0 N–H and O–H groups in total. The average Bonchev–Trinajstić information content (AvgIpc) is 2.53. The molecule has 5 nitrogen and oxygen atoms in total. The number of hydrogen-bond donors (Lipinski definition) is 0. The summed E-state index contributed by atoms with van der Waals surface area (Å²) < 4.78 is 27.1. The van der Waals surface area contributed by atoms with Crippen LogP contribution in [-0.2, 0) is 10.0 Å². The molecule has 0 fully saturated rings. The van der Waals surface area contributed by atoms with Gasteiger partial charge in [-0.05, 0) is 31.2 Å². The largest absolute Gasteiger partial charge is 0.514 e. The molecule has 0 aliphatic heterocycles. The van der Waals surface area contributed by atoms with E-state index in [1.807, 2.05) is 6.92 Å². The molecule has 1 aromatic heterocycles. The van der Waals surface area contributed by atoms with E-state index < -0.39 is 16.1 Å². The number of aryl methyl sites for hydroxylation is 1. The van der Waals surface area contributed by atoms with Crippen molar-refractivity contribution in [1.82, 2.24) is 4.31 Å². The van der Waals surface area contributed by atoms with Crippen molar-refractivity contribution in [2.75, 3.05) is 6.54 Å². The number of nitrogens with zero attached hydrogens (tertiary/aromatic N) is 2. The van der Waals surface area contributed by atoms with E-state index in [0.29, 0.717) is 4.31 Å². The second-order valence-electron chi connectivity index (χ2n) is 4.59. The van der Waals surface area contributed by atoms with Gasteiger partial charge in [0.15, 0.2) is 6.54 Å². The Morgan fingerprint density at radius 3 is 2.32 bits per heavy atom. The molecule has 1 amide bonds. The number of carbonyl (C=O) groups is 1. The quantitative estimate of drug-likeness (QED) is 0.638. The highest BCUT2D eigenvalue weighted by atomic mass is 32.2. The number of benzene rings is 1. The molecule has 2 rings (SSSR count). The fourth-order valence-corrected chi connectivity index (χ4v) is 3.11. The molecule has 6 heteroatoms. The molecule has 0 atom stereocenters. The summed E-state index contributed by atoms with van der Waals surface area (Å²) in [5.41, 5.74) is 0.922. The van der Waals surface area contributed by atoms with Crippen molar-refractivity contribution >= 4 is 16.1 Å². The van der Waals surface area contributed by atoms with Crippen molar-refractivity contribution < 1.29 is 17.8 Å². The summed E-state index contributed by atoms with van der Waals surface area (Å²) >= 11 is 0. The molecular formula is C16H15N2O3S+. The molecule has 0 radical (unpaired) electrons. The molecule has 1 heterocycles. The van der Waals surface area contributed by atoms with Gasteiger partial charge in [0.05, 0.1) is 12.4 Å². The molecular weight excluding hydrogens is 300 g/mol. The van der Waals surface area contributed by atoms with Crippen LogP contribution in [0.2, 0.25) is 0 Å². The van der Waals surface area contributed by atoms with E-state index in [4.69, 9.17) is 6.42 Å². The van der Waals surface area contributed by atoms with Crippen LogP contribution in [0.25, 0.3) is 0 Å². The third kappa shape index (κ3) is 3.15. The van der Waals surface area contributed by atoms with E-state index in [1.165, 1.54) is 29.1 Å². The standard InChI is InChI=1S/C16H15N2O3S/c1-3-11-18(16(19)17-12-5-4-6-13-17)22(20,21)15-9-7-14(2)8-10-15/h1,4-10,12-13H,11H2,2H3/q+1. The Morgan fingerprint density at radius 1 is 1.18 bits per heavy atom. The van der Waals surface area contributed by atoms with E-state index in [-0.39, 0.29) is 11.4 Å². The second-order valence-corrected chi connectivity index (χ2v) is 6.46. The highest BCUT2D eigenvalue weighted by molar-refractivity contribution is 7.89. The van der Waals surface area contributed by atoms with E-state index in [1.54, 1.807) is 30.3 Å². The zero-order chi connectivity index (χ0) is 16.2. The lowest BCUT2D eigenvalue weighted by Crippen LogP contribution is -2.53. The molecule has 0 unspecified atom stereocenters. The summed E-state index contributed by atoms with van der Waals surface area (Å²) in [6.07, 6.45) is 8.16. The lowest BCUT2D eigenvalue weighted by atomic mass is 10.2. The van der Waals surface area contributed by atoms with Crippen LogP contribution < -0.4 is 4.57 Å². The minimum Gasteiger partial charge on any atom is -0.195 e. The molecule has 22 heavy (non-hydrogen) atoms. The van der Waals surface area contributed by atoms with Crippen LogP contribution in [0.1, 0.15) is 5.56 Å². The maximum Gasteiger partial charge on any atom is 0.514 e. The minimum atomic E-state index is -4.01. The Hall–Kier alpha value is -2.65. The molecule has 1 aromatic carbocycles. The number of pyridine rings is 1. The molecule has 0 saturated carbocycles. The van der Waals surface area contributed by atoms with E-state index in [2.05, 4.69) is 5.92 Å². The Kier molecular flexibility index (Phi) is 4.59. The number of rotatable bonds is 3. The summed E-state index contributed by atoms with van der Waals surface area (Å²) in [6.45, 7) is 1.51. The molecule has 0 saturated heterocycles. The van der Waals surface area contributed by atoms with Crippen LogP contribution in [0.3, 0.4) is 0 Å². The molecule has 0 aliphatic rings. The monoisotopic (exact) mass is 315 g/mol. The van der Waals surface area contributed by atoms with Gasteiger partial charge in [-0.15, -0.1) is 6.42 Å². The molecule has 2 aromatic rings. The van der Waals surface area contributed by atoms with E-state index in [9.17, 15) is 13.2 Å². The van der Waals surface area contributed by atoms with Crippen LogP contribution in [0.4, 0.5) is 4.79 Å². The van der Waals surface area contributed by atoms with Crippen molar-refractivity contribution in [2.45, 2.75) is 11.8 Å². The zero-order valence-corrected chi connectivity index (χ0v) is 12.8. The Labute approximate surface area is 129 Å². The van der Waals surface area contributed by atoms with Crippen LogP contribution >= 0.6 is 0 Å². The lowest BCUT2D eigenvalue weighted by Gasteiger charge is -2.13. The van der Waals surface area contributed by atoms with Gasteiger partial charge in [0, 0.05) is 0 Å². The number of hydrogen-bond acceptors (Lipinski definition) is 3. The van der Waals surface area contributed by atoms with Gasteiger partial charge in [0.2, 0.25) is 0 Å². The highest BCUT2D eigenvalue weighted by Gasteiger charge is 2.37. The van der Waals surface area contributed by atoms with Crippen LogP contribution in [0, 0.1) is 19.3 Å². The second kappa shape index (κ2) is 6.41. The van der Waals surface area contributed by atoms with Gasteiger partial charge in [-0.2, -0.15) is 17.8 Å². The fourth-order valence-electron chi connectivity index (χ4n) is 1.83. The highest BCUT2D eigenvalue weighted by Crippen LogP contribution is 2.16. The Balaban J connectivity index is 2.45. The lowest BCUT2D eigenvalue weighted by molar-refractivity contribution is -0.576. The van der Waals surface area contributed by atoms with E-state index >= 15 is 0 Å². The van der Waals surface area contributed by atoms with Crippen LogP contribution in [0.15, 0.2) is 59.8 Å². The summed E-state index contributed by atoms with van der Waals surface area (Å²) in [4.78, 5) is 12.5. The minimum absolute atomic E-state index is 0.0261. The van der Waals surface area contributed by atoms with Gasteiger partial charge >= 0.3 is 16.1 Å². The number of aromatic nitrogens is 1. The summed E-state index contributed by atoms with van der Waals surface area (Å²) in [5.74, 6) is 2.22. The number of amides is 1. The molecule has 0 bridgehead atoms. The third-order valence-corrected chi connectivity index (χ3v) is 4.73. The van der Waals surface area contributed by atoms with Crippen LogP contribution in [-0.4, -0.2) is 25.3 Å². The van der Waals surface area contributed by atoms with Gasteiger partial charge in [-0.3, -0.25) is 0 Å². The normalized spacial score (nSPS) is 10.7. The van der Waals surface area contributed by atoms with Crippen molar-refractivity contribution in [3.8, 4) is 12.3 Å². The summed E-state index contributed by atoms with van der Waals surface area (Å²) in [5, 5.41) is 0. The molecule has 0 spiro atoms. The topological polar surface area (TPSA) is 58.3 Å². The predicted molar refractivity (Wildman–Crippen MR) is 81.3 cm³/mol. The number of terminal acetylenes is 1. The number of carbonyl (C=O) groups excluding carboxylic acids is 1. The van der Waals surface area contributed by atoms with Crippen molar-refractivity contribution in [3.63, 3.8) is 0 Å². The average molecular weight is 315 g/mol. The van der Waals surface area contributed by atoms with Crippen molar-refractivity contribution in [3.05, 3.63) is 60.4 Å². The van der Waals surface area contributed by atoms with Gasteiger partial charge in [-0.1, -0.05) is 34.0 Å². The van der Waals surface area contributed by atoms with Crippen molar-refractivity contribution in [1.29, 1.82) is 0 Å². The summed E-state index contributed by atoms with van der Waals surface area (Å²) in [7, 11) is -4.01. The van der Waals surface area contributed by atoms with Gasteiger partial charge < -0.3 is 0 Å². The number of sulfonamides is 1. The van der Waals surface area contributed by atoms with Crippen molar-refractivity contribution in [2.24, 2.45) is 0 Å². The zero-order valence-electron chi connectivity index (χ0n) is 12.0. The first-order valence-electron chi connectivity index (χ1n) is 6.50. The van der Waals surface area contributed by atoms with E-state index in [0.717, 1.165) is 5.56 Å². The first-order chi connectivity index (χ1) is 10.5. The molecule has 112 valence electrons. The van der Waals surface area contributed by atoms with Crippen LogP contribution in [0.5, 0.6) is 0 Å². The maximum absolute atomic E-state index is 12.6. The fraction of sp³-hybridized carbons (Fsp3) is 0.125. The third-order valence-electron chi connectivity index (χ3n) is 2.99. The van der Waals surface area contributed by atoms with Gasteiger partial charge in [-0.25, -0.2) is 0 Å². The Morgan fingerprint density at radius 2 is 1.77 bits per heavy atom. The molecule has 0 aliphatic carbocycles. The SMILES string of the molecule is C#CCN(C(=O)[n+]1ccccc1)S(=O)(=O)c1ccc(C)cc1. The summed E-state index contributed by atoms with van der Waals surface area (Å²) in [6, 6.07) is 10.5. The smallest absolute Gasteiger partial charge is 0.195 e. The first-order valence-corrected chi connectivity index (χ1v) is 7.94. The predicted octanol–water partition coefficient (Wildman–Crippen LogP) is 1.57. The van der Waals surface area contributed by atoms with Gasteiger partial charge in [0.1, 0.15) is 4.90 Å². The first kappa shape index (κ1) is 15.7.